The van der Waals surface area contributed by atoms with Gasteiger partial charge in [0.25, 0.3) is 0 Å². The smallest absolute Gasteiger partial charge is 0.0853 e. The second kappa shape index (κ2) is 3.73. The molecule has 0 fully saturated rings. The molecule has 0 saturated heterocycles. The predicted octanol–water partition coefficient (Wildman–Crippen LogP) is 3.03. The van der Waals surface area contributed by atoms with Gasteiger partial charge in [0.05, 0.1) is 22.8 Å². The minimum atomic E-state index is -0.123. The highest BCUT2D eigenvalue weighted by Gasteiger charge is 2.03. The number of aromatic nitrogens is 1. The van der Waals surface area contributed by atoms with Gasteiger partial charge in [0.15, 0.2) is 0 Å². The van der Waals surface area contributed by atoms with Gasteiger partial charge in [0.2, 0.25) is 0 Å². The third-order valence-electron chi connectivity index (χ3n) is 1.94. The van der Waals surface area contributed by atoms with Crippen LogP contribution in [0.4, 0.5) is 0 Å². The van der Waals surface area contributed by atoms with Crippen molar-refractivity contribution in [1.82, 2.24) is 4.98 Å². The first-order valence-corrected chi connectivity index (χ1v) is 4.82. The molecular formula is C10H7Cl2NO. The van der Waals surface area contributed by atoms with Gasteiger partial charge in [-0.3, -0.25) is 4.98 Å². The molecule has 1 aromatic carbocycles. The summed E-state index contributed by atoms with van der Waals surface area (Å²) in [5.74, 6) is 0. The summed E-state index contributed by atoms with van der Waals surface area (Å²) in [7, 11) is 0. The van der Waals surface area contributed by atoms with Crippen molar-refractivity contribution < 1.29 is 5.11 Å². The second-order valence-corrected chi connectivity index (χ2v) is 3.76. The molecule has 0 radical (unpaired) electrons. The number of halogens is 2. The van der Waals surface area contributed by atoms with E-state index in [1.807, 2.05) is 6.07 Å². The zero-order valence-electron chi connectivity index (χ0n) is 7.17. The molecule has 0 aliphatic rings. The third-order valence-corrected chi connectivity index (χ3v) is 2.48. The van der Waals surface area contributed by atoms with Crippen LogP contribution in [-0.4, -0.2) is 10.1 Å². The minimum Gasteiger partial charge on any atom is -0.390 e. The van der Waals surface area contributed by atoms with Crippen LogP contribution in [0.1, 0.15) is 5.69 Å². The van der Waals surface area contributed by atoms with Crippen LogP contribution in [0.2, 0.25) is 10.0 Å². The van der Waals surface area contributed by atoms with Gasteiger partial charge in [0, 0.05) is 10.4 Å². The Morgan fingerprint density at radius 2 is 2.00 bits per heavy atom. The number of nitrogens with zero attached hydrogens (tertiary/aromatic N) is 1. The highest BCUT2D eigenvalue weighted by Crippen LogP contribution is 2.25. The van der Waals surface area contributed by atoms with Crippen molar-refractivity contribution in [3.05, 3.63) is 40.0 Å². The number of hydrogen-bond acceptors (Lipinski definition) is 2. The minimum absolute atomic E-state index is 0.123. The maximum Gasteiger partial charge on any atom is 0.0853 e. The highest BCUT2D eigenvalue weighted by molar-refractivity contribution is 6.36. The quantitative estimate of drug-likeness (QED) is 0.813. The molecule has 0 aliphatic heterocycles. The van der Waals surface area contributed by atoms with E-state index >= 15 is 0 Å². The SMILES string of the molecule is OCc1cc(Cl)c2ccc(Cl)cc2n1. The summed E-state index contributed by atoms with van der Waals surface area (Å²) >= 11 is 11.8. The Hall–Kier alpha value is -0.830. The number of rotatable bonds is 1. The first-order chi connectivity index (χ1) is 6.70. The zero-order valence-corrected chi connectivity index (χ0v) is 8.68. The van der Waals surface area contributed by atoms with Crippen LogP contribution < -0.4 is 0 Å². The first kappa shape index (κ1) is 9.71. The Kier molecular flexibility index (Phi) is 2.59. The van der Waals surface area contributed by atoms with Crippen molar-refractivity contribution in [2.24, 2.45) is 0 Å². The van der Waals surface area contributed by atoms with Crippen molar-refractivity contribution in [3.63, 3.8) is 0 Å². The van der Waals surface area contributed by atoms with Crippen molar-refractivity contribution >= 4 is 34.1 Å². The van der Waals surface area contributed by atoms with Crippen molar-refractivity contribution in [2.45, 2.75) is 6.61 Å². The van der Waals surface area contributed by atoms with E-state index in [2.05, 4.69) is 4.98 Å². The molecule has 2 nitrogen and oxygen atoms in total. The second-order valence-electron chi connectivity index (χ2n) is 2.92. The fraction of sp³-hybridized carbons (Fsp3) is 0.100. The molecule has 2 aromatic rings. The summed E-state index contributed by atoms with van der Waals surface area (Å²) in [6.45, 7) is -0.123. The molecule has 0 aliphatic carbocycles. The molecule has 14 heavy (non-hydrogen) atoms. The van der Waals surface area contributed by atoms with Crippen LogP contribution in [0.15, 0.2) is 24.3 Å². The molecule has 1 aromatic heterocycles. The van der Waals surface area contributed by atoms with E-state index < -0.39 is 0 Å². The summed E-state index contributed by atoms with van der Waals surface area (Å²) in [5.41, 5.74) is 1.25. The first-order valence-electron chi connectivity index (χ1n) is 4.06. The van der Waals surface area contributed by atoms with Gasteiger partial charge in [-0.2, -0.15) is 0 Å². The molecule has 4 heteroatoms. The van der Waals surface area contributed by atoms with E-state index in [9.17, 15) is 0 Å². The largest absolute Gasteiger partial charge is 0.390 e. The van der Waals surface area contributed by atoms with Crippen LogP contribution in [0.25, 0.3) is 10.9 Å². The highest BCUT2D eigenvalue weighted by atomic mass is 35.5. The molecule has 0 spiro atoms. The monoisotopic (exact) mass is 227 g/mol. The lowest BCUT2D eigenvalue weighted by molar-refractivity contribution is 0.277. The summed E-state index contributed by atoms with van der Waals surface area (Å²) < 4.78 is 0. The lowest BCUT2D eigenvalue weighted by Gasteiger charge is -2.03. The molecule has 0 atom stereocenters. The Labute approximate surface area is 91.1 Å². The van der Waals surface area contributed by atoms with E-state index in [1.54, 1.807) is 18.2 Å². The van der Waals surface area contributed by atoms with Crippen LogP contribution in [0, 0.1) is 0 Å². The topological polar surface area (TPSA) is 33.1 Å². The Bertz CT molecular complexity index is 485. The van der Waals surface area contributed by atoms with E-state index in [0.717, 1.165) is 5.39 Å². The van der Waals surface area contributed by atoms with Gasteiger partial charge in [-0.05, 0) is 24.3 Å². The molecule has 0 unspecified atom stereocenters. The number of benzene rings is 1. The molecule has 0 bridgehead atoms. The molecule has 0 amide bonds. The summed E-state index contributed by atoms with van der Waals surface area (Å²) in [4.78, 5) is 4.20. The normalized spacial score (nSPS) is 10.8. The van der Waals surface area contributed by atoms with Crippen molar-refractivity contribution in [2.75, 3.05) is 0 Å². The van der Waals surface area contributed by atoms with Crippen LogP contribution in [-0.2, 0) is 6.61 Å². The molecule has 0 saturated carbocycles. The van der Waals surface area contributed by atoms with E-state index in [4.69, 9.17) is 28.3 Å². The van der Waals surface area contributed by atoms with Crippen LogP contribution in [0.3, 0.4) is 0 Å². The summed E-state index contributed by atoms with van der Waals surface area (Å²) in [6.07, 6.45) is 0. The van der Waals surface area contributed by atoms with Gasteiger partial charge < -0.3 is 5.11 Å². The average molecular weight is 228 g/mol. The Balaban J connectivity index is 2.77. The van der Waals surface area contributed by atoms with Gasteiger partial charge in [-0.25, -0.2) is 0 Å². The molecule has 2 rings (SSSR count). The summed E-state index contributed by atoms with van der Waals surface area (Å²) in [6, 6.07) is 6.95. The fourth-order valence-electron chi connectivity index (χ4n) is 1.29. The Morgan fingerprint density at radius 1 is 1.21 bits per heavy atom. The number of aliphatic hydroxyl groups excluding tert-OH is 1. The standard InChI is InChI=1S/C10H7Cl2NO/c11-6-1-2-8-9(12)4-7(5-14)13-10(8)3-6/h1-4,14H,5H2. The number of aliphatic hydroxyl groups is 1. The van der Waals surface area contributed by atoms with E-state index in [-0.39, 0.29) is 6.61 Å². The predicted molar refractivity (Wildman–Crippen MR) is 57.7 cm³/mol. The van der Waals surface area contributed by atoms with Crippen LogP contribution in [0.5, 0.6) is 0 Å². The zero-order chi connectivity index (χ0) is 10.1. The maximum atomic E-state index is 8.94. The number of fused-ring (bicyclic) bond motifs is 1. The average Bonchev–Trinajstić information content (AvgIpc) is 2.16. The fourth-order valence-corrected chi connectivity index (χ4v) is 1.74. The van der Waals surface area contributed by atoms with Gasteiger partial charge in [-0.15, -0.1) is 0 Å². The molecule has 72 valence electrons. The number of hydrogen-bond donors (Lipinski definition) is 1. The lowest BCUT2D eigenvalue weighted by atomic mass is 10.2. The van der Waals surface area contributed by atoms with Crippen molar-refractivity contribution in [1.29, 1.82) is 0 Å². The Morgan fingerprint density at radius 3 is 2.71 bits per heavy atom. The maximum absolute atomic E-state index is 8.94. The van der Waals surface area contributed by atoms with Gasteiger partial charge >= 0.3 is 0 Å². The molecule has 1 heterocycles. The summed E-state index contributed by atoms with van der Waals surface area (Å²) in [5, 5.41) is 11.0. The number of pyridine rings is 1. The lowest BCUT2D eigenvalue weighted by Crippen LogP contribution is -1.90. The van der Waals surface area contributed by atoms with Crippen molar-refractivity contribution in [3.8, 4) is 0 Å². The van der Waals surface area contributed by atoms with E-state index in [1.165, 1.54) is 0 Å². The van der Waals surface area contributed by atoms with Gasteiger partial charge in [-0.1, -0.05) is 23.2 Å². The molecular weight excluding hydrogens is 221 g/mol. The third kappa shape index (κ3) is 1.69. The van der Waals surface area contributed by atoms with E-state index in [0.29, 0.717) is 21.3 Å². The van der Waals surface area contributed by atoms with Crippen LogP contribution >= 0.6 is 23.2 Å². The molecule has 1 N–H and O–H groups in total. The van der Waals surface area contributed by atoms with Gasteiger partial charge in [0.1, 0.15) is 0 Å².